The number of rotatable bonds is 5. The van der Waals surface area contributed by atoms with Gasteiger partial charge in [0.25, 0.3) is 0 Å². The zero-order valence-corrected chi connectivity index (χ0v) is 16.7. The number of nitrogens with zero attached hydrogens (tertiary/aromatic N) is 4. The topological polar surface area (TPSA) is 85.4 Å². The van der Waals surface area contributed by atoms with Gasteiger partial charge >= 0.3 is 6.03 Å². The highest BCUT2D eigenvalue weighted by Gasteiger charge is 2.28. The maximum absolute atomic E-state index is 12.7. The van der Waals surface area contributed by atoms with E-state index < -0.39 is 0 Å². The Morgan fingerprint density at radius 3 is 2.76 bits per heavy atom. The van der Waals surface area contributed by atoms with E-state index in [9.17, 15) is 4.79 Å². The molecule has 8 heteroatoms. The number of carbonyl (C=O) groups excluding carboxylic acids is 1. The summed E-state index contributed by atoms with van der Waals surface area (Å²) in [5.41, 5.74) is 1.61. The molecule has 2 amide bonds. The maximum atomic E-state index is 12.7. The van der Waals surface area contributed by atoms with Crippen molar-refractivity contribution in [1.82, 2.24) is 19.6 Å². The van der Waals surface area contributed by atoms with E-state index in [1.54, 1.807) is 0 Å². The molecule has 0 saturated carbocycles. The molecule has 2 aromatic heterocycles. The third-order valence-electron chi connectivity index (χ3n) is 5.17. The quantitative estimate of drug-likeness (QED) is 0.708. The van der Waals surface area contributed by atoms with Gasteiger partial charge in [0.15, 0.2) is 0 Å². The number of hydrogen-bond acceptors (Lipinski definition) is 5. The molecule has 0 unspecified atom stereocenters. The molecule has 1 N–H and O–H groups in total. The highest BCUT2D eigenvalue weighted by Crippen LogP contribution is 2.29. The van der Waals surface area contributed by atoms with Gasteiger partial charge in [-0.25, -0.2) is 4.79 Å². The first kappa shape index (κ1) is 19.0. The summed E-state index contributed by atoms with van der Waals surface area (Å²) in [4.78, 5) is 19.1. The molecule has 152 valence electrons. The Balaban J connectivity index is 1.36. The lowest BCUT2D eigenvalue weighted by Gasteiger charge is -2.30. The number of hydrogen-bond donors (Lipinski definition) is 1. The van der Waals surface area contributed by atoms with E-state index in [1.165, 1.54) is 0 Å². The van der Waals surface area contributed by atoms with Crippen molar-refractivity contribution in [2.45, 2.75) is 25.7 Å². The molecule has 0 spiro atoms. The van der Waals surface area contributed by atoms with Crippen molar-refractivity contribution < 1.29 is 14.1 Å². The molecule has 0 bridgehead atoms. The van der Waals surface area contributed by atoms with E-state index in [1.807, 2.05) is 66.0 Å². The molecule has 1 saturated heterocycles. The van der Waals surface area contributed by atoms with E-state index in [4.69, 9.17) is 9.26 Å². The van der Waals surface area contributed by atoms with E-state index >= 15 is 0 Å². The van der Waals surface area contributed by atoms with Gasteiger partial charge in [0.05, 0.1) is 18.0 Å². The molecule has 1 aliphatic heterocycles. The molecule has 8 nitrogen and oxygen atoms in total. The first-order valence-corrected chi connectivity index (χ1v) is 9.88. The van der Waals surface area contributed by atoms with Crippen LogP contribution in [0.5, 0.6) is 5.75 Å². The van der Waals surface area contributed by atoms with E-state index in [0.29, 0.717) is 42.8 Å². The second-order valence-electron chi connectivity index (χ2n) is 7.08. The van der Waals surface area contributed by atoms with Crippen LogP contribution >= 0.6 is 0 Å². The van der Waals surface area contributed by atoms with Gasteiger partial charge in [0.2, 0.25) is 11.7 Å². The van der Waals surface area contributed by atoms with Crippen molar-refractivity contribution in [3.63, 3.8) is 0 Å². The lowest BCUT2D eigenvalue weighted by molar-refractivity contribution is 0.187. The number of aromatic nitrogens is 3. The standard InChI is InChI=1S/C21H25N5O3/c1-3-28-18-9-5-4-7-16(18)22-21(27)26-13-10-15(11-14-26)20-23-19(24-29-20)17-8-6-12-25(17)2/h4-9,12,15H,3,10-11,13-14H2,1-2H3,(H,22,27). The molecular formula is C21H25N5O3. The van der Waals surface area contributed by atoms with Gasteiger partial charge < -0.3 is 24.0 Å². The van der Waals surface area contributed by atoms with Crippen LogP contribution in [0.3, 0.4) is 0 Å². The zero-order valence-electron chi connectivity index (χ0n) is 16.7. The van der Waals surface area contributed by atoms with E-state index in [2.05, 4.69) is 15.5 Å². The summed E-state index contributed by atoms with van der Waals surface area (Å²) in [7, 11) is 1.95. The van der Waals surface area contributed by atoms with Crippen LogP contribution < -0.4 is 10.1 Å². The lowest BCUT2D eigenvalue weighted by Crippen LogP contribution is -2.40. The minimum absolute atomic E-state index is 0.120. The smallest absolute Gasteiger partial charge is 0.321 e. The van der Waals surface area contributed by atoms with Crippen LogP contribution in [-0.2, 0) is 7.05 Å². The number of carbonyl (C=O) groups is 1. The number of piperidine rings is 1. The summed E-state index contributed by atoms with van der Waals surface area (Å²) in [5.74, 6) is 2.08. The van der Waals surface area contributed by atoms with Crippen molar-refractivity contribution in [3.8, 4) is 17.3 Å². The second-order valence-corrected chi connectivity index (χ2v) is 7.08. The van der Waals surface area contributed by atoms with E-state index in [-0.39, 0.29) is 11.9 Å². The van der Waals surface area contributed by atoms with Gasteiger partial charge in [-0.15, -0.1) is 0 Å². The SMILES string of the molecule is CCOc1ccccc1NC(=O)N1CCC(c2nc(-c3cccn3C)no2)CC1. The zero-order chi connectivity index (χ0) is 20.2. The van der Waals surface area contributed by atoms with Gasteiger partial charge in [-0.05, 0) is 44.0 Å². The van der Waals surface area contributed by atoms with Crippen LogP contribution in [0.2, 0.25) is 0 Å². The molecule has 0 aliphatic carbocycles. The van der Waals surface area contributed by atoms with Crippen molar-refractivity contribution >= 4 is 11.7 Å². The van der Waals surface area contributed by atoms with Crippen LogP contribution in [0, 0.1) is 0 Å². The Hall–Kier alpha value is -3.29. The number of likely N-dealkylation sites (tertiary alicyclic amines) is 1. The highest BCUT2D eigenvalue weighted by atomic mass is 16.5. The average Bonchev–Trinajstić information content (AvgIpc) is 3.38. The molecule has 1 aromatic carbocycles. The lowest BCUT2D eigenvalue weighted by atomic mass is 9.97. The van der Waals surface area contributed by atoms with Gasteiger partial charge in [-0.3, -0.25) is 0 Å². The molecule has 3 aromatic rings. The van der Waals surface area contributed by atoms with Crippen molar-refractivity contribution in [2.75, 3.05) is 25.0 Å². The van der Waals surface area contributed by atoms with Crippen molar-refractivity contribution in [2.24, 2.45) is 7.05 Å². The number of amides is 2. The van der Waals surface area contributed by atoms with E-state index in [0.717, 1.165) is 18.5 Å². The van der Waals surface area contributed by atoms with Gasteiger partial charge in [-0.1, -0.05) is 17.3 Å². The molecular weight excluding hydrogens is 370 g/mol. The molecule has 0 radical (unpaired) electrons. The fourth-order valence-corrected chi connectivity index (χ4v) is 3.57. The maximum Gasteiger partial charge on any atom is 0.321 e. The minimum Gasteiger partial charge on any atom is -0.492 e. The Morgan fingerprint density at radius 2 is 2.03 bits per heavy atom. The number of ether oxygens (including phenoxy) is 1. The summed E-state index contributed by atoms with van der Waals surface area (Å²) >= 11 is 0. The number of nitrogens with one attached hydrogen (secondary N) is 1. The molecule has 3 heterocycles. The van der Waals surface area contributed by atoms with Crippen LogP contribution in [-0.4, -0.2) is 45.3 Å². The second kappa shape index (κ2) is 8.38. The Kier molecular flexibility index (Phi) is 5.50. The normalized spacial score (nSPS) is 14.8. The van der Waals surface area contributed by atoms with Crippen LogP contribution in [0.25, 0.3) is 11.5 Å². The largest absolute Gasteiger partial charge is 0.492 e. The fourth-order valence-electron chi connectivity index (χ4n) is 3.57. The first-order chi connectivity index (χ1) is 14.2. The van der Waals surface area contributed by atoms with Gasteiger partial charge in [0.1, 0.15) is 5.75 Å². The molecule has 0 atom stereocenters. The fraction of sp³-hybridized carbons (Fsp3) is 0.381. The van der Waals surface area contributed by atoms with Crippen LogP contribution in [0.15, 0.2) is 47.1 Å². The predicted molar refractivity (Wildman–Crippen MR) is 109 cm³/mol. The average molecular weight is 395 g/mol. The summed E-state index contributed by atoms with van der Waals surface area (Å²) in [5, 5.41) is 7.07. The van der Waals surface area contributed by atoms with Crippen molar-refractivity contribution in [3.05, 3.63) is 48.5 Å². The van der Waals surface area contributed by atoms with Gasteiger partial charge in [-0.2, -0.15) is 4.98 Å². The number of benzene rings is 1. The number of para-hydroxylation sites is 2. The highest BCUT2D eigenvalue weighted by molar-refractivity contribution is 5.91. The van der Waals surface area contributed by atoms with Gasteiger partial charge in [0, 0.05) is 32.3 Å². The molecule has 1 fully saturated rings. The van der Waals surface area contributed by atoms with Crippen molar-refractivity contribution in [1.29, 1.82) is 0 Å². The monoisotopic (exact) mass is 395 g/mol. The molecule has 1 aliphatic rings. The van der Waals surface area contributed by atoms with Crippen LogP contribution in [0.1, 0.15) is 31.6 Å². The summed E-state index contributed by atoms with van der Waals surface area (Å²) in [6.45, 7) is 3.74. The Morgan fingerprint density at radius 1 is 1.24 bits per heavy atom. The third-order valence-corrected chi connectivity index (χ3v) is 5.17. The summed E-state index contributed by atoms with van der Waals surface area (Å²) < 4.78 is 13.0. The predicted octanol–water partition coefficient (Wildman–Crippen LogP) is 3.89. The Labute approximate surface area is 169 Å². The molecule has 4 rings (SSSR count). The number of urea groups is 1. The Bertz CT molecular complexity index is 972. The third kappa shape index (κ3) is 4.11. The van der Waals surface area contributed by atoms with Crippen LogP contribution in [0.4, 0.5) is 10.5 Å². The minimum atomic E-state index is -0.120. The number of aryl methyl sites for hydroxylation is 1. The summed E-state index contributed by atoms with van der Waals surface area (Å²) in [6.07, 6.45) is 3.52. The first-order valence-electron chi connectivity index (χ1n) is 9.88. The number of anilines is 1. The summed E-state index contributed by atoms with van der Waals surface area (Å²) in [6, 6.07) is 11.3. The molecule has 29 heavy (non-hydrogen) atoms.